The molecule has 1 unspecified atom stereocenters. The maximum absolute atomic E-state index is 12.0. The number of hydrogen-bond donors (Lipinski definition) is 1. The van der Waals surface area contributed by atoms with Crippen LogP contribution < -0.4 is 0 Å². The van der Waals surface area contributed by atoms with Gasteiger partial charge in [-0.25, -0.2) is 13.4 Å². The lowest BCUT2D eigenvalue weighted by atomic mass is 9.98. The molecule has 1 atom stereocenters. The Morgan fingerprint density at radius 2 is 2.05 bits per heavy atom. The molecule has 1 aliphatic heterocycles. The molecule has 1 aromatic heterocycles. The number of imidazole rings is 1. The van der Waals surface area contributed by atoms with Gasteiger partial charge in [0.15, 0.2) is 0 Å². The maximum atomic E-state index is 12.0. The first-order valence-corrected chi connectivity index (χ1v) is 7.96. The molecule has 6 heteroatoms. The summed E-state index contributed by atoms with van der Waals surface area (Å²) in [5.74, 6) is 0. The summed E-state index contributed by atoms with van der Waals surface area (Å²) in [5.41, 5.74) is 2.78. The molecule has 2 aromatic rings. The van der Waals surface area contributed by atoms with Crippen molar-refractivity contribution in [3.8, 4) is 0 Å². The molecule has 0 saturated carbocycles. The molecule has 0 radical (unpaired) electrons. The highest BCUT2D eigenvalue weighted by molar-refractivity contribution is 7.88. The molecule has 2 heterocycles. The number of sulfonamides is 1. The van der Waals surface area contributed by atoms with Crippen LogP contribution in [0.3, 0.4) is 0 Å². The van der Waals surface area contributed by atoms with Crippen molar-refractivity contribution in [1.29, 1.82) is 0 Å². The Balaban J connectivity index is 2.15. The second-order valence-electron chi connectivity index (χ2n) is 4.70. The first kappa shape index (κ1) is 12.4. The SMILES string of the molecule is CS(=O)(=O)N1CCc2[nH]cnc2C1c1ccccc1. The zero-order valence-electron chi connectivity index (χ0n) is 10.6. The van der Waals surface area contributed by atoms with Crippen LogP contribution in [0.5, 0.6) is 0 Å². The van der Waals surface area contributed by atoms with Crippen LogP contribution in [-0.2, 0) is 16.4 Å². The van der Waals surface area contributed by atoms with Crippen molar-refractivity contribution in [2.45, 2.75) is 12.5 Å². The molecule has 1 aliphatic rings. The lowest BCUT2D eigenvalue weighted by Gasteiger charge is -2.33. The van der Waals surface area contributed by atoms with E-state index >= 15 is 0 Å². The molecule has 0 spiro atoms. The summed E-state index contributed by atoms with van der Waals surface area (Å²) in [6, 6.07) is 9.29. The number of fused-ring (bicyclic) bond motifs is 1. The highest BCUT2D eigenvalue weighted by Crippen LogP contribution is 2.34. The molecule has 0 saturated heterocycles. The van der Waals surface area contributed by atoms with Gasteiger partial charge in [-0.2, -0.15) is 4.31 Å². The summed E-state index contributed by atoms with van der Waals surface area (Å²) in [4.78, 5) is 7.41. The van der Waals surface area contributed by atoms with E-state index in [1.807, 2.05) is 30.3 Å². The molecule has 3 rings (SSSR count). The first-order chi connectivity index (χ1) is 9.07. The van der Waals surface area contributed by atoms with Crippen LogP contribution in [0.25, 0.3) is 0 Å². The lowest BCUT2D eigenvalue weighted by molar-refractivity contribution is 0.340. The molecule has 1 aromatic carbocycles. The van der Waals surface area contributed by atoms with E-state index in [-0.39, 0.29) is 6.04 Å². The third kappa shape index (κ3) is 2.17. The molecule has 5 nitrogen and oxygen atoms in total. The fourth-order valence-corrected chi connectivity index (χ4v) is 3.60. The Morgan fingerprint density at radius 3 is 2.74 bits per heavy atom. The van der Waals surface area contributed by atoms with Crippen LogP contribution in [-0.4, -0.2) is 35.5 Å². The highest BCUT2D eigenvalue weighted by Gasteiger charge is 2.35. The van der Waals surface area contributed by atoms with E-state index in [1.165, 1.54) is 10.6 Å². The summed E-state index contributed by atoms with van der Waals surface area (Å²) in [5, 5.41) is 0. The largest absolute Gasteiger partial charge is 0.348 e. The number of aromatic amines is 1. The van der Waals surface area contributed by atoms with Gasteiger partial charge in [-0.15, -0.1) is 0 Å². The zero-order chi connectivity index (χ0) is 13.5. The quantitative estimate of drug-likeness (QED) is 0.900. The van der Waals surface area contributed by atoms with Gasteiger partial charge in [0.1, 0.15) is 0 Å². The van der Waals surface area contributed by atoms with Crippen molar-refractivity contribution in [3.63, 3.8) is 0 Å². The van der Waals surface area contributed by atoms with Crippen LogP contribution in [0.2, 0.25) is 0 Å². The number of nitrogens with zero attached hydrogens (tertiary/aromatic N) is 2. The van der Waals surface area contributed by atoms with Gasteiger partial charge in [0.2, 0.25) is 10.0 Å². The third-order valence-electron chi connectivity index (χ3n) is 3.42. The number of rotatable bonds is 2. The van der Waals surface area contributed by atoms with E-state index < -0.39 is 10.0 Å². The minimum atomic E-state index is -3.26. The Hall–Kier alpha value is -1.66. The molecule has 19 heavy (non-hydrogen) atoms. The number of H-pyrrole nitrogens is 1. The zero-order valence-corrected chi connectivity index (χ0v) is 11.4. The van der Waals surface area contributed by atoms with Gasteiger partial charge in [-0.1, -0.05) is 30.3 Å². The van der Waals surface area contributed by atoms with Crippen molar-refractivity contribution >= 4 is 10.0 Å². The minimum Gasteiger partial charge on any atom is -0.348 e. The van der Waals surface area contributed by atoms with Crippen LogP contribution in [0.1, 0.15) is 23.0 Å². The van der Waals surface area contributed by atoms with Gasteiger partial charge >= 0.3 is 0 Å². The van der Waals surface area contributed by atoms with Crippen LogP contribution >= 0.6 is 0 Å². The average Bonchev–Trinajstić information content (AvgIpc) is 2.85. The molecule has 1 N–H and O–H groups in total. The molecular formula is C13H15N3O2S. The Kier molecular flexibility index (Phi) is 2.91. The lowest BCUT2D eigenvalue weighted by Crippen LogP contribution is -2.40. The predicted molar refractivity (Wildman–Crippen MR) is 72.1 cm³/mol. The Labute approximate surface area is 112 Å². The number of nitrogens with one attached hydrogen (secondary N) is 1. The van der Waals surface area contributed by atoms with E-state index in [0.29, 0.717) is 13.0 Å². The van der Waals surface area contributed by atoms with Crippen molar-refractivity contribution in [2.75, 3.05) is 12.8 Å². The summed E-state index contributed by atoms with van der Waals surface area (Å²) >= 11 is 0. The second-order valence-corrected chi connectivity index (χ2v) is 6.64. The fourth-order valence-electron chi connectivity index (χ4n) is 2.57. The molecule has 0 amide bonds. The number of aromatic nitrogens is 2. The first-order valence-electron chi connectivity index (χ1n) is 6.11. The number of benzene rings is 1. The second kappa shape index (κ2) is 4.47. The topological polar surface area (TPSA) is 66.1 Å². The van der Waals surface area contributed by atoms with Crippen LogP contribution in [0, 0.1) is 0 Å². The Morgan fingerprint density at radius 1 is 1.32 bits per heavy atom. The summed E-state index contributed by atoms with van der Waals surface area (Å²) < 4.78 is 25.5. The molecule has 0 bridgehead atoms. The fraction of sp³-hybridized carbons (Fsp3) is 0.308. The monoisotopic (exact) mass is 277 g/mol. The van der Waals surface area contributed by atoms with E-state index in [9.17, 15) is 8.42 Å². The van der Waals surface area contributed by atoms with Gasteiger partial charge in [0.25, 0.3) is 0 Å². The average molecular weight is 277 g/mol. The third-order valence-corrected chi connectivity index (χ3v) is 4.67. The van der Waals surface area contributed by atoms with Gasteiger partial charge < -0.3 is 4.98 Å². The molecule has 100 valence electrons. The van der Waals surface area contributed by atoms with Crippen LogP contribution in [0.15, 0.2) is 36.7 Å². The van der Waals surface area contributed by atoms with E-state index in [0.717, 1.165) is 17.0 Å². The summed E-state index contributed by atoms with van der Waals surface area (Å²) in [7, 11) is -3.26. The normalized spacial score (nSPS) is 20.2. The van der Waals surface area contributed by atoms with E-state index in [2.05, 4.69) is 9.97 Å². The van der Waals surface area contributed by atoms with Gasteiger partial charge in [-0.3, -0.25) is 0 Å². The van der Waals surface area contributed by atoms with Crippen molar-refractivity contribution in [1.82, 2.24) is 14.3 Å². The standard InChI is InChI=1S/C13H15N3O2S/c1-19(17,18)16-8-7-11-12(15-9-14-11)13(16)10-5-3-2-4-6-10/h2-6,9,13H,7-8H2,1H3,(H,14,15). The van der Waals surface area contributed by atoms with Crippen molar-refractivity contribution < 1.29 is 8.42 Å². The van der Waals surface area contributed by atoms with E-state index in [4.69, 9.17) is 0 Å². The van der Waals surface area contributed by atoms with E-state index in [1.54, 1.807) is 6.33 Å². The molecule has 0 aliphatic carbocycles. The van der Waals surface area contributed by atoms with Gasteiger partial charge in [-0.05, 0) is 5.56 Å². The predicted octanol–water partition coefficient (Wildman–Crippen LogP) is 1.32. The molecule has 0 fully saturated rings. The van der Waals surface area contributed by atoms with Crippen LogP contribution in [0.4, 0.5) is 0 Å². The highest BCUT2D eigenvalue weighted by atomic mass is 32.2. The van der Waals surface area contributed by atoms with Crippen molar-refractivity contribution in [2.24, 2.45) is 0 Å². The summed E-state index contributed by atoms with van der Waals surface area (Å²) in [6.45, 7) is 0.480. The molecular weight excluding hydrogens is 262 g/mol. The summed E-state index contributed by atoms with van der Waals surface area (Å²) in [6.07, 6.45) is 3.55. The van der Waals surface area contributed by atoms with Gasteiger partial charge in [0.05, 0.1) is 24.3 Å². The van der Waals surface area contributed by atoms with Gasteiger partial charge in [0, 0.05) is 18.7 Å². The minimum absolute atomic E-state index is 0.328. The van der Waals surface area contributed by atoms with Crippen molar-refractivity contribution in [3.05, 3.63) is 53.6 Å². The smallest absolute Gasteiger partial charge is 0.212 e. The number of hydrogen-bond acceptors (Lipinski definition) is 3. The maximum Gasteiger partial charge on any atom is 0.212 e. The Bertz CT molecular complexity index is 679.